The van der Waals surface area contributed by atoms with Crippen LogP contribution in [0.25, 0.3) is 16.8 Å². The van der Waals surface area contributed by atoms with Crippen LogP contribution >= 0.6 is 0 Å². The molecule has 0 N–H and O–H groups in total. The fourth-order valence-corrected chi connectivity index (χ4v) is 2.53. The van der Waals surface area contributed by atoms with Crippen molar-refractivity contribution in [2.24, 2.45) is 0 Å². The first kappa shape index (κ1) is 16.7. The Bertz CT molecular complexity index is 923. The van der Waals surface area contributed by atoms with E-state index in [0.717, 1.165) is 11.1 Å². The zero-order valence-corrected chi connectivity index (χ0v) is 14.2. The predicted molar refractivity (Wildman–Crippen MR) is 103 cm³/mol. The molecule has 1 unspecified atom stereocenters. The van der Waals surface area contributed by atoms with E-state index in [-0.39, 0.29) is 12.1 Å². The molecule has 124 valence electrons. The molecule has 25 heavy (non-hydrogen) atoms. The molecule has 0 aliphatic rings. The van der Waals surface area contributed by atoms with Crippen LogP contribution in [0.3, 0.4) is 0 Å². The van der Waals surface area contributed by atoms with Crippen molar-refractivity contribution < 1.29 is 9.53 Å². The quantitative estimate of drug-likeness (QED) is 0.446. The summed E-state index contributed by atoms with van der Waals surface area (Å²) >= 11 is 0. The molecule has 1 atom stereocenters. The predicted octanol–water partition coefficient (Wildman–Crippen LogP) is 5.65. The number of ether oxygens (including phenoxy) is 1. The molecule has 0 heterocycles. The second-order valence-corrected chi connectivity index (χ2v) is 5.93. The highest BCUT2D eigenvalue weighted by molar-refractivity contribution is 5.89. The van der Waals surface area contributed by atoms with E-state index < -0.39 is 0 Å². The van der Waals surface area contributed by atoms with Crippen LogP contribution in [0, 0.1) is 0 Å². The third kappa shape index (κ3) is 4.24. The molecule has 0 aromatic heterocycles. The van der Waals surface area contributed by atoms with Crippen molar-refractivity contribution in [1.82, 2.24) is 0 Å². The topological polar surface area (TPSA) is 26.3 Å². The van der Waals surface area contributed by atoms with Gasteiger partial charge in [0, 0.05) is 0 Å². The van der Waals surface area contributed by atoms with Crippen LogP contribution in [0.2, 0.25) is 0 Å². The van der Waals surface area contributed by atoms with Crippen LogP contribution in [0.15, 0.2) is 91.0 Å². The third-order valence-electron chi connectivity index (χ3n) is 4.08. The van der Waals surface area contributed by atoms with Crippen LogP contribution in [0.5, 0.6) is 0 Å². The van der Waals surface area contributed by atoms with Crippen molar-refractivity contribution in [1.29, 1.82) is 0 Å². The first-order valence-corrected chi connectivity index (χ1v) is 8.25. The zero-order chi connectivity index (χ0) is 17.6. The average molecular weight is 328 g/mol. The molecular formula is C23H20O2. The molecule has 0 bridgehead atoms. The van der Waals surface area contributed by atoms with Crippen LogP contribution in [0.1, 0.15) is 22.8 Å². The summed E-state index contributed by atoms with van der Waals surface area (Å²) in [6, 6.07) is 23.5. The van der Waals surface area contributed by atoms with Crippen molar-refractivity contribution >= 4 is 22.8 Å². The molecule has 2 nitrogen and oxygen atoms in total. The number of esters is 1. The zero-order valence-electron chi connectivity index (χ0n) is 14.2. The van der Waals surface area contributed by atoms with Crippen LogP contribution in [-0.2, 0) is 4.74 Å². The van der Waals surface area contributed by atoms with Gasteiger partial charge in [0.1, 0.15) is 6.10 Å². The molecule has 0 aliphatic heterocycles. The Morgan fingerprint density at radius 2 is 1.64 bits per heavy atom. The van der Waals surface area contributed by atoms with Crippen LogP contribution < -0.4 is 0 Å². The number of hydrogen-bond donors (Lipinski definition) is 0. The summed E-state index contributed by atoms with van der Waals surface area (Å²) in [7, 11) is 0. The molecule has 0 saturated heterocycles. The summed E-state index contributed by atoms with van der Waals surface area (Å²) in [4.78, 5) is 12.1. The molecule has 0 fully saturated rings. The van der Waals surface area contributed by atoms with E-state index in [9.17, 15) is 4.79 Å². The molecule has 3 aromatic carbocycles. The van der Waals surface area contributed by atoms with Crippen LogP contribution in [-0.4, -0.2) is 12.1 Å². The van der Waals surface area contributed by atoms with Gasteiger partial charge in [-0.05, 0) is 47.0 Å². The van der Waals surface area contributed by atoms with E-state index in [1.165, 1.54) is 10.8 Å². The average Bonchev–Trinajstić information content (AvgIpc) is 2.66. The Hall–Kier alpha value is -3.13. The molecule has 2 heteroatoms. The van der Waals surface area contributed by atoms with E-state index in [0.29, 0.717) is 5.56 Å². The highest BCUT2D eigenvalue weighted by Gasteiger charge is 2.12. The Kier molecular flexibility index (Phi) is 5.10. The van der Waals surface area contributed by atoms with Crippen molar-refractivity contribution in [3.05, 3.63) is 102 Å². The van der Waals surface area contributed by atoms with E-state index in [2.05, 4.69) is 36.9 Å². The van der Waals surface area contributed by atoms with Gasteiger partial charge < -0.3 is 4.74 Å². The van der Waals surface area contributed by atoms with Crippen molar-refractivity contribution in [3.63, 3.8) is 0 Å². The molecule has 3 rings (SSSR count). The molecular weight excluding hydrogens is 308 g/mol. The lowest BCUT2D eigenvalue weighted by molar-refractivity contribution is 0.0412. The maximum Gasteiger partial charge on any atom is 0.338 e. The number of carbonyl (C=O) groups is 1. The van der Waals surface area contributed by atoms with Gasteiger partial charge in [0.05, 0.1) is 5.56 Å². The summed E-state index contributed by atoms with van der Waals surface area (Å²) in [5.41, 5.74) is 2.37. The minimum atomic E-state index is -0.385. The second kappa shape index (κ2) is 7.63. The number of rotatable bonds is 5. The first-order chi connectivity index (χ1) is 12.1. The monoisotopic (exact) mass is 328 g/mol. The van der Waals surface area contributed by atoms with E-state index in [1.54, 1.807) is 12.1 Å². The van der Waals surface area contributed by atoms with Gasteiger partial charge in [0.25, 0.3) is 0 Å². The van der Waals surface area contributed by atoms with Gasteiger partial charge in [-0.25, -0.2) is 4.79 Å². The van der Waals surface area contributed by atoms with Gasteiger partial charge in [-0.2, -0.15) is 0 Å². The molecule has 0 spiro atoms. The minimum Gasteiger partial charge on any atom is -0.454 e. The maximum atomic E-state index is 12.1. The number of hydrogen-bond acceptors (Lipinski definition) is 2. The fraction of sp³-hybridized carbons (Fsp3) is 0.0870. The minimum absolute atomic E-state index is 0.339. The summed E-state index contributed by atoms with van der Waals surface area (Å²) in [6.45, 7) is 5.84. The van der Waals surface area contributed by atoms with E-state index >= 15 is 0 Å². The fourth-order valence-electron chi connectivity index (χ4n) is 2.53. The second-order valence-electron chi connectivity index (χ2n) is 5.93. The standard InChI is InChI=1S/C23H20O2/c1-17(18(2)25-23(24)21-9-4-3-5-10-21)12-13-19-14-15-20-8-6-7-11-22(20)16-19/h3-16,18H,1H2,2H3/b13-12+. The van der Waals surface area contributed by atoms with Crippen molar-refractivity contribution in [3.8, 4) is 0 Å². The number of carbonyl (C=O) groups excluding carboxylic acids is 1. The highest BCUT2D eigenvalue weighted by Crippen LogP contribution is 2.18. The van der Waals surface area contributed by atoms with Crippen molar-refractivity contribution in [2.45, 2.75) is 13.0 Å². The SMILES string of the molecule is C=C(/C=C/c1ccc2ccccc2c1)C(C)OC(=O)c1ccccc1. The highest BCUT2D eigenvalue weighted by atomic mass is 16.5. The number of fused-ring (bicyclic) bond motifs is 1. The molecule has 0 aliphatic carbocycles. The Morgan fingerprint density at radius 3 is 2.40 bits per heavy atom. The summed E-state index contributed by atoms with van der Waals surface area (Å²) in [5, 5.41) is 2.41. The molecule has 0 amide bonds. The van der Waals surface area contributed by atoms with Crippen LogP contribution in [0.4, 0.5) is 0 Å². The Labute approximate surface area is 148 Å². The summed E-state index contributed by atoms with van der Waals surface area (Å²) in [5.74, 6) is -0.339. The van der Waals surface area contributed by atoms with Gasteiger partial charge in [0.15, 0.2) is 0 Å². The lowest BCUT2D eigenvalue weighted by Crippen LogP contribution is -2.16. The Balaban J connectivity index is 1.65. The van der Waals surface area contributed by atoms with E-state index in [1.807, 2.05) is 49.4 Å². The van der Waals surface area contributed by atoms with Crippen molar-refractivity contribution in [2.75, 3.05) is 0 Å². The third-order valence-corrected chi connectivity index (χ3v) is 4.08. The lowest BCUT2D eigenvalue weighted by Gasteiger charge is -2.13. The molecule has 0 radical (unpaired) electrons. The summed E-state index contributed by atoms with van der Waals surface area (Å²) in [6.07, 6.45) is 3.50. The first-order valence-electron chi connectivity index (χ1n) is 8.25. The Morgan fingerprint density at radius 1 is 0.960 bits per heavy atom. The van der Waals surface area contributed by atoms with Gasteiger partial charge in [-0.1, -0.05) is 73.3 Å². The van der Waals surface area contributed by atoms with Gasteiger partial charge >= 0.3 is 5.97 Å². The number of benzene rings is 3. The van der Waals surface area contributed by atoms with Gasteiger partial charge in [-0.3, -0.25) is 0 Å². The molecule has 0 saturated carbocycles. The lowest BCUT2D eigenvalue weighted by atomic mass is 10.1. The summed E-state index contributed by atoms with van der Waals surface area (Å²) < 4.78 is 5.47. The molecule has 3 aromatic rings. The maximum absolute atomic E-state index is 12.1. The van der Waals surface area contributed by atoms with E-state index in [4.69, 9.17) is 4.74 Å². The smallest absolute Gasteiger partial charge is 0.338 e. The largest absolute Gasteiger partial charge is 0.454 e. The van der Waals surface area contributed by atoms with Gasteiger partial charge in [0.2, 0.25) is 0 Å². The van der Waals surface area contributed by atoms with Gasteiger partial charge in [-0.15, -0.1) is 0 Å². The normalized spacial score (nSPS) is 12.2.